The first kappa shape index (κ1) is 20.3. The normalized spacial score (nSPS) is 11.6. The van der Waals surface area contributed by atoms with Gasteiger partial charge in [-0.2, -0.15) is 0 Å². The summed E-state index contributed by atoms with van der Waals surface area (Å²) < 4.78 is 15.7. The van der Waals surface area contributed by atoms with Crippen LogP contribution in [0.15, 0.2) is 48.5 Å². The van der Waals surface area contributed by atoms with Gasteiger partial charge in [-0.25, -0.2) is 4.79 Å². The quantitative estimate of drug-likeness (QED) is 0.715. The number of hydrogen-bond acceptors (Lipinski definition) is 5. The van der Waals surface area contributed by atoms with E-state index in [4.69, 9.17) is 14.2 Å². The molecule has 0 aliphatic carbocycles. The molecule has 0 bridgehead atoms. The van der Waals surface area contributed by atoms with Crippen LogP contribution in [-0.2, 0) is 14.3 Å². The van der Waals surface area contributed by atoms with Crippen LogP contribution in [0.25, 0.3) is 0 Å². The van der Waals surface area contributed by atoms with Gasteiger partial charge in [0.25, 0.3) is 5.91 Å². The van der Waals surface area contributed by atoms with Crippen LogP contribution in [0.5, 0.6) is 11.5 Å². The molecule has 0 fully saturated rings. The molecule has 144 valence electrons. The number of carbonyl (C=O) groups is 2. The van der Waals surface area contributed by atoms with E-state index < -0.39 is 18.0 Å². The largest absolute Gasteiger partial charge is 0.495 e. The van der Waals surface area contributed by atoms with Crippen molar-refractivity contribution in [2.24, 2.45) is 0 Å². The highest BCUT2D eigenvalue weighted by molar-refractivity contribution is 5.96. The molecule has 0 aliphatic heterocycles. The third-order valence-corrected chi connectivity index (χ3v) is 3.95. The number of rotatable bonds is 8. The van der Waals surface area contributed by atoms with Crippen molar-refractivity contribution in [1.29, 1.82) is 0 Å². The predicted molar refractivity (Wildman–Crippen MR) is 103 cm³/mol. The van der Waals surface area contributed by atoms with Gasteiger partial charge in [0.15, 0.2) is 12.7 Å². The zero-order valence-corrected chi connectivity index (χ0v) is 16.0. The third-order valence-electron chi connectivity index (χ3n) is 3.95. The lowest BCUT2D eigenvalue weighted by Gasteiger charge is -2.15. The number of ether oxygens (including phenoxy) is 3. The summed E-state index contributed by atoms with van der Waals surface area (Å²) in [5.74, 6) is 0.450. The molecule has 1 amide bonds. The van der Waals surface area contributed by atoms with Crippen molar-refractivity contribution in [3.05, 3.63) is 54.1 Å². The van der Waals surface area contributed by atoms with E-state index in [0.29, 0.717) is 23.1 Å². The summed E-state index contributed by atoms with van der Waals surface area (Å²) >= 11 is 0. The fourth-order valence-corrected chi connectivity index (χ4v) is 2.36. The Kier molecular flexibility index (Phi) is 7.23. The fraction of sp³-hybridized carbons (Fsp3) is 0.333. The number of methoxy groups -OCH3 is 1. The summed E-state index contributed by atoms with van der Waals surface area (Å²) in [7, 11) is 1.51. The van der Waals surface area contributed by atoms with Crippen molar-refractivity contribution in [2.45, 2.75) is 32.8 Å². The van der Waals surface area contributed by atoms with Gasteiger partial charge in [0.05, 0.1) is 12.8 Å². The van der Waals surface area contributed by atoms with Crippen molar-refractivity contribution in [1.82, 2.24) is 0 Å². The molecule has 0 spiro atoms. The van der Waals surface area contributed by atoms with Gasteiger partial charge in [-0.1, -0.05) is 38.1 Å². The lowest BCUT2D eigenvalue weighted by molar-refractivity contribution is -0.155. The molecule has 0 aliphatic rings. The standard InChI is InChI=1S/C21H25NO5/c1-14(2)16-9-11-17(12-10-16)26-13-20(23)27-15(3)21(24)22-18-7-5-6-8-19(18)25-4/h5-12,14-15H,13H2,1-4H3,(H,22,24)/t15-/m0/s1. The highest BCUT2D eigenvalue weighted by atomic mass is 16.6. The number of nitrogens with one attached hydrogen (secondary N) is 1. The van der Waals surface area contributed by atoms with Crippen LogP contribution in [0, 0.1) is 0 Å². The van der Waals surface area contributed by atoms with Crippen molar-refractivity contribution < 1.29 is 23.8 Å². The Morgan fingerprint density at radius 3 is 2.30 bits per heavy atom. The van der Waals surface area contributed by atoms with E-state index in [0.717, 1.165) is 0 Å². The van der Waals surface area contributed by atoms with Gasteiger partial charge in [-0.15, -0.1) is 0 Å². The Morgan fingerprint density at radius 1 is 1.00 bits per heavy atom. The number of carbonyl (C=O) groups excluding carboxylic acids is 2. The van der Waals surface area contributed by atoms with E-state index in [9.17, 15) is 9.59 Å². The molecule has 1 atom stereocenters. The van der Waals surface area contributed by atoms with Crippen molar-refractivity contribution in [2.75, 3.05) is 19.0 Å². The predicted octanol–water partition coefficient (Wildman–Crippen LogP) is 3.77. The maximum atomic E-state index is 12.2. The molecule has 6 nitrogen and oxygen atoms in total. The summed E-state index contributed by atoms with van der Waals surface area (Å²) in [5.41, 5.74) is 1.70. The Labute approximate surface area is 159 Å². The molecule has 1 N–H and O–H groups in total. The summed E-state index contributed by atoms with van der Waals surface area (Å²) in [4.78, 5) is 24.1. The van der Waals surface area contributed by atoms with Gasteiger partial charge >= 0.3 is 5.97 Å². The highest BCUT2D eigenvalue weighted by Crippen LogP contribution is 2.23. The molecular weight excluding hydrogens is 346 g/mol. The van der Waals surface area contributed by atoms with E-state index in [1.165, 1.54) is 19.6 Å². The average Bonchev–Trinajstić information content (AvgIpc) is 2.67. The van der Waals surface area contributed by atoms with Crippen LogP contribution < -0.4 is 14.8 Å². The first-order chi connectivity index (χ1) is 12.9. The van der Waals surface area contributed by atoms with Gasteiger partial charge in [-0.05, 0) is 42.7 Å². The van der Waals surface area contributed by atoms with Crippen molar-refractivity contribution >= 4 is 17.6 Å². The van der Waals surface area contributed by atoms with Crippen molar-refractivity contribution in [3.8, 4) is 11.5 Å². The van der Waals surface area contributed by atoms with Crippen LogP contribution in [0.3, 0.4) is 0 Å². The Bertz CT molecular complexity index is 770. The van der Waals surface area contributed by atoms with E-state index in [2.05, 4.69) is 19.2 Å². The molecule has 2 aromatic carbocycles. The maximum absolute atomic E-state index is 12.2. The van der Waals surface area contributed by atoms with E-state index >= 15 is 0 Å². The highest BCUT2D eigenvalue weighted by Gasteiger charge is 2.19. The van der Waals surface area contributed by atoms with Gasteiger partial charge in [0, 0.05) is 0 Å². The molecule has 0 saturated heterocycles. The Balaban J connectivity index is 1.83. The second-order valence-corrected chi connectivity index (χ2v) is 6.33. The van der Waals surface area contributed by atoms with Gasteiger partial charge in [0.2, 0.25) is 0 Å². The number of benzene rings is 2. The van der Waals surface area contributed by atoms with E-state index in [1.807, 2.05) is 12.1 Å². The van der Waals surface area contributed by atoms with E-state index in [-0.39, 0.29) is 6.61 Å². The second-order valence-electron chi connectivity index (χ2n) is 6.33. The molecule has 0 unspecified atom stereocenters. The van der Waals surface area contributed by atoms with E-state index in [1.54, 1.807) is 36.4 Å². The molecule has 2 aromatic rings. The van der Waals surface area contributed by atoms with Crippen LogP contribution in [0.2, 0.25) is 0 Å². The first-order valence-electron chi connectivity index (χ1n) is 8.76. The molecule has 0 saturated carbocycles. The second kappa shape index (κ2) is 9.62. The Hall–Kier alpha value is -3.02. The van der Waals surface area contributed by atoms with Gasteiger partial charge in [-0.3, -0.25) is 4.79 Å². The number of amides is 1. The minimum atomic E-state index is -0.964. The van der Waals surface area contributed by atoms with Crippen LogP contribution in [-0.4, -0.2) is 31.7 Å². The summed E-state index contributed by atoms with van der Waals surface area (Å²) in [6.07, 6.45) is -0.964. The summed E-state index contributed by atoms with van der Waals surface area (Å²) in [6.45, 7) is 5.43. The zero-order valence-electron chi connectivity index (χ0n) is 16.0. The summed E-state index contributed by atoms with van der Waals surface area (Å²) in [6, 6.07) is 14.5. The Morgan fingerprint density at radius 2 is 1.67 bits per heavy atom. The molecular formula is C21H25NO5. The topological polar surface area (TPSA) is 73.9 Å². The first-order valence-corrected chi connectivity index (χ1v) is 8.76. The number of esters is 1. The van der Waals surface area contributed by atoms with Crippen LogP contribution in [0.4, 0.5) is 5.69 Å². The number of anilines is 1. The SMILES string of the molecule is COc1ccccc1NC(=O)[C@H](C)OC(=O)COc1ccc(C(C)C)cc1. The van der Waals surface area contributed by atoms with Gasteiger partial charge in [0.1, 0.15) is 11.5 Å². The average molecular weight is 371 g/mol. The molecule has 27 heavy (non-hydrogen) atoms. The molecule has 6 heteroatoms. The lowest BCUT2D eigenvalue weighted by Crippen LogP contribution is -2.31. The minimum absolute atomic E-state index is 0.271. The minimum Gasteiger partial charge on any atom is -0.495 e. The third kappa shape index (κ3) is 6.02. The zero-order chi connectivity index (χ0) is 19.8. The molecule has 0 heterocycles. The van der Waals surface area contributed by atoms with Crippen molar-refractivity contribution in [3.63, 3.8) is 0 Å². The molecule has 0 radical (unpaired) electrons. The fourth-order valence-electron chi connectivity index (χ4n) is 2.36. The molecule has 2 rings (SSSR count). The maximum Gasteiger partial charge on any atom is 0.344 e. The molecule has 0 aromatic heterocycles. The monoisotopic (exact) mass is 371 g/mol. The number of hydrogen-bond donors (Lipinski definition) is 1. The number of para-hydroxylation sites is 2. The van der Waals surface area contributed by atoms with Crippen LogP contribution >= 0.6 is 0 Å². The van der Waals surface area contributed by atoms with Gasteiger partial charge < -0.3 is 19.5 Å². The lowest BCUT2D eigenvalue weighted by atomic mass is 10.0. The summed E-state index contributed by atoms with van der Waals surface area (Å²) in [5, 5.41) is 2.68. The smallest absolute Gasteiger partial charge is 0.344 e. The van der Waals surface area contributed by atoms with Crippen LogP contribution in [0.1, 0.15) is 32.3 Å².